The van der Waals surface area contributed by atoms with Crippen LogP contribution in [0.3, 0.4) is 0 Å². The van der Waals surface area contributed by atoms with Crippen molar-refractivity contribution < 1.29 is 4.79 Å². The van der Waals surface area contributed by atoms with Gasteiger partial charge in [0.1, 0.15) is 0 Å². The number of rotatable bonds is 8. The maximum Gasteiger partial charge on any atom is 0.258 e. The van der Waals surface area contributed by atoms with Crippen LogP contribution in [0.4, 0.5) is 0 Å². The van der Waals surface area contributed by atoms with Crippen LogP contribution in [0.2, 0.25) is 0 Å². The van der Waals surface area contributed by atoms with Gasteiger partial charge in [0.2, 0.25) is 0 Å². The first-order valence-electron chi connectivity index (χ1n) is 11.4. The number of carbonyl (C=O) groups excluding carboxylic acids is 1. The summed E-state index contributed by atoms with van der Waals surface area (Å²) in [6.07, 6.45) is 11.7. The van der Waals surface area contributed by atoms with Gasteiger partial charge >= 0.3 is 0 Å². The fourth-order valence-electron chi connectivity index (χ4n) is 4.26. The van der Waals surface area contributed by atoms with Gasteiger partial charge < -0.3 is 5.32 Å². The van der Waals surface area contributed by atoms with E-state index in [-0.39, 0.29) is 11.8 Å². The van der Waals surface area contributed by atoms with Gasteiger partial charge in [-0.15, -0.1) is 0 Å². The third-order valence-electron chi connectivity index (χ3n) is 6.24. The van der Waals surface area contributed by atoms with E-state index in [0.717, 1.165) is 29.9 Å². The Morgan fingerprint density at radius 3 is 2.43 bits per heavy atom. The second-order valence-electron chi connectivity index (χ2n) is 8.71. The fourth-order valence-corrected chi connectivity index (χ4v) is 4.26. The summed E-state index contributed by atoms with van der Waals surface area (Å²) in [5.41, 5.74) is 6.63. The van der Waals surface area contributed by atoms with Crippen molar-refractivity contribution in [2.75, 3.05) is 0 Å². The molecule has 1 saturated carbocycles. The van der Waals surface area contributed by atoms with Gasteiger partial charge in [0.05, 0.1) is 0 Å². The number of allylic oxidation sites excluding steroid dienone is 3. The molecule has 160 valence electrons. The summed E-state index contributed by atoms with van der Waals surface area (Å²) in [6, 6.07) is 8.87. The predicted molar refractivity (Wildman–Crippen MR) is 125 cm³/mol. The monoisotopic (exact) mass is 404 g/mol. The number of hydrogen-bond acceptors (Lipinski definition) is 2. The minimum Gasteiger partial charge on any atom is -0.381 e. The molecule has 1 aromatic rings. The first-order chi connectivity index (χ1) is 14.5. The van der Waals surface area contributed by atoms with Gasteiger partial charge in [0, 0.05) is 35.3 Å². The molecule has 0 bridgehead atoms. The summed E-state index contributed by atoms with van der Waals surface area (Å²) < 4.78 is 0. The molecular formula is C27H36N2O. The number of carbonyl (C=O) groups is 1. The fraction of sp³-hybridized carbons (Fsp3) is 0.444. The van der Waals surface area contributed by atoms with Crippen molar-refractivity contribution in [1.29, 1.82) is 0 Å². The summed E-state index contributed by atoms with van der Waals surface area (Å²) in [4.78, 5) is 14.9. The van der Waals surface area contributed by atoms with E-state index in [0.29, 0.717) is 5.92 Å². The lowest BCUT2D eigenvalue weighted by Gasteiger charge is -2.37. The Morgan fingerprint density at radius 2 is 1.90 bits per heavy atom. The van der Waals surface area contributed by atoms with E-state index >= 15 is 0 Å². The minimum atomic E-state index is 0.0381. The van der Waals surface area contributed by atoms with Crippen LogP contribution in [0.25, 0.3) is 0 Å². The lowest BCUT2D eigenvalue weighted by Crippen LogP contribution is -2.35. The highest BCUT2D eigenvalue weighted by Gasteiger charge is 2.32. The summed E-state index contributed by atoms with van der Waals surface area (Å²) in [5.74, 6) is 0.714. The van der Waals surface area contributed by atoms with Crippen molar-refractivity contribution in [2.45, 2.75) is 66.3 Å². The van der Waals surface area contributed by atoms with Crippen LogP contribution in [-0.4, -0.2) is 10.8 Å². The summed E-state index contributed by atoms with van der Waals surface area (Å²) >= 11 is 0. The molecule has 1 aliphatic carbocycles. The number of aryl methyl sites for hydroxylation is 1. The minimum absolute atomic E-state index is 0.0381. The highest BCUT2D eigenvalue weighted by molar-refractivity contribution is 5.96. The lowest BCUT2D eigenvalue weighted by molar-refractivity contribution is -0.123. The SMILES string of the molecule is C=C1C(C2CCC2)=C(NCc2ccc(CCC)cc2)C=CN1C(=O)/C(=C\C)C(C)C. The van der Waals surface area contributed by atoms with Gasteiger partial charge in [-0.05, 0) is 55.2 Å². The van der Waals surface area contributed by atoms with Gasteiger partial charge in [-0.25, -0.2) is 0 Å². The topological polar surface area (TPSA) is 32.3 Å². The third kappa shape index (κ3) is 4.77. The standard InChI is InChI=1S/C27H36N2O/c1-6-9-21-12-14-22(15-13-21)18-28-25-16-17-29(27(30)24(7-2)19(3)4)20(5)26(25)23-10-8-11-23/h7,12-17,19,23,28H,5-6,8-11,18H2,1-4H3/b24-7-. The Morgan fingerprint density at radius 1 is 1.23 bits per heavy atom. The van der Waals surface area contributed by atoms with E-state index in [1.165, 1.54) is 42.4 Å². The highest BCUT2D eigenvalue weighted by Crippen LogP contribution is 2.41. The van der Waals surface area contributed by atoms with Crippen LogP contribution in [0.5, 0.6) is 0 Å². The lowest BCUT2D eigenvalue weighted by atomic mass is 9.76. The van der Waals surface area contributed by atoms with E-state index in [1.807, 2.05) is 19.2 Å². The first kappa shape index (κ1) is 22.1. The zero-order valence-corrected chi connectivity index (χ0v) is 19.0. The summed E-state index contributed by atoms with van der Waals surface area (Å²) in [6.45, 7) is 13.4. The Balaban J connectivity index is 1.78. The van der Waals surface area contributed by atoms with Crippen molar-refractivity contribution >= 4 is 5.91 Å². The number of benzene rings is 1. The molecule has 0 unspecified atom stereocenters. The summed E-state index contributed by atoms with van der Waals surface area (Å²) in [5, 5.41) is 3.62. The molecule has 3 rings (SSSR count). The van der Waals surface area contributed by atoms with E-state index in [1.54, 1.807) is 4.90 Å². The van der Waals surface area contributed by atoms with Crippen LogP contribution in [0.15, 0.2) is 71.7 Å². The van der Waals surface area contributed by atoms with E-state index in [4.69, 9.17) is 0 Å². The molecule has 30 heavy (non-hydrogen) atoms. The van der Waals surface area contributed by atoms with Gasteiger partial charge in [-0.1, -0.05) is 70.5 Å². The third-order valence-corrected chi connectivity index (χ3v) is 6.24. The molecule has 1 fully saturated rings. The molecular weight excluding hydrogens is 368 g/mol. The second kappa shape index (κ2) is 9.97. The van der Waals surface area contributed by atoms with E-state index in [2.05, 4.69) is 63.0 Å². The maximum atomic E-state index is 13.1. The van der Waals surface area contributed by atoms with E-state index < -0.39 is 0 Å². The zero-order valence-electron chi connectivity index (χ0n) is 19.0. The number of nitrogens with zero attached hydrogens (tertiary/aromatic N) is 1. The normalized spacial score (nSPS) is 17.6. The van der Waals surface area contributed by atoms with Crippen molar-refractivity contribution in [3.63, 3.8) is 0 Å². The Labute approximate surface area is 182 Å². The van der Waals surface area contributed by atoms with E-state index in [9.17, 15) is 4.79 Å². The molecule has 0 radical (unpaired) electrons. The zero-order chi connectivity index (χ0) is 21.7. The van der Waals surface area contributed by atoms with Crippen molar-refractivity contribution in [2.24, 2.45) is 11.8 Å². The first-order valence-corrected chi connectivity index (χ1v) is 11.4. The second-order valence-corrected chi connectivity index (χ2v) is 8.71. The van der Waals surface area contributed by atoms with Crippen LogP contribution >= 0.6 is 0 Å². The van der Waals surface area contributed by atoms with Crippen LogP contribution in [-0.2, 0) is 17.8 Å². The largest absolute Gasteiger partial charge is 0.381 e. The molecule has 0 saturated heterocycles. The molecule has 3 heteroatoms. The van der Waals surface area contributed by atoms with Crippen molar-refractivity contribution in [3.05, 3.63) is 82.9 Å². The average molecular weight is 405 g/mol. The molecule has 0 aromatic heterocycles. The van der Waals surface area contributed by atoms with Gasteiger partial charge in [0.25, 0.3) is 5.91 Å². The van der Waals surface area contributed by atoms with Gasteiger partial charge in [0.15, 0.2) is 0 Å². The number of amides is 1. The molecule has 1 aromatic carbocycles. The molecule has 3 nitrogen and oxygen atoms in total. The van der Waals surface area contributed by atoms with Crippen LogP contribution in [0.1, 0.15) is 64.5 Å². The average Bonchev–Trinajstić information content (AvgIpc) is 2.68. The van der Waals surface area contributed by atoms with Crippen molar-refractivity contribution in [1.82, 2.24) is 10.2 Å². The highest BCUT2D eigenvalue weighted by atomic mass is 16.2. The molecule has 0 spiro atoms. The Hall–Kier alpha value is -2.55. The molecule has 1 aliphatic heterocycles. The summed E-state index contributed by atoms with van der Waals surface area (Å²) in [7, 11) is 0. The maximum absolute atomic E-state index is 13.1. The Bertz CT molecular complexity index is 867. The number of hydrogen-bond donors (Lipinski definition) is 1. The molecule has 1 N–H and O–H groups in total. The van der Waals surface area contributed by atoms with Crippen LogP contribution < -0.4 is 5.32 Å². The molecule has 2 aliphatic rings. The predicted octanol–water partition coefficient (Wildman–Crippen LogP) is 6.25. The van der Waals surface area contributed by atoms with Crippen LogP contribution in [0, 0.1) is 11.8 Å². The molecule has 1 amide bonds. The Kier molecular flexibility index (Phi) is 7.36. The van der Waals surface area contributed by atoms with Gasteiger partial charge in [-0.2, -0.15) is 0 Å². The van der Waals surface area contributed by atoms with Gasteiger partial charge in [-0.3, -0.25) is 9.69 Å². The smallest absolute Gasteiger partial charge is 0.258 e. The number of nitrogens with one attached hydrogen (secondary N) is 1. The molecule has 0 atom stereocenters. The van der Waals surface area contributed by atoms with Crippen molar-refractivity contribution in [3.8, 4) is 0 Å². The quantitative estimate of drug-likeness (QED) is 0.519. The molecule has 1 heterocycles.